The van der Waals surface area contributed by atoms with Crippen LogP contribution in [-0.2, 0) is 11.4 Å². The van der Waals surface area contributed by atoms with E-state index in [1.54, 1.807) is 0 Å². The zero-order valence-corrected chi connectivity index (χ0v) is 13.6. The molecule has 0 amide bonds. The van der Waals surface area contributed by atoms with E-state index in [-0.39, 0.29) is 0 Å². The van der Waals surface area contributed by atoms with Crippen LogP contribution in [0.3, 0.4) is 0 Å². The van der Waals surface area contributed by atoms with Gasteiger partial charge in [0.1, 0.15) is 0 Å². The standard InChI is InChI=1S/C20H25NO/c1-16-12-17(2)14-18(13-16)15-22-21-11-7-6-10-20(21)19-8-4-3-5-9-19/h3-5,8-9,12-14,20H,6-7,10-11,15H2,1-2H3. The molecule has 0 saturated carbocycles. The van der Waals surface area contributed by atoms with Crippen LogP contribution < -0.4 is 0 Å². The van der Waals surface area contributed by atoms with Crippen LogP contribution in [0.15, 0.2) is 48.5 Å². The molecule has 1 aliphatic rings. The monoisotopic (exact) mass is 295 g/mol. The molecule has 22 heavy (non-hydrogen) atoms. The van der Waals surface area contributed by atoms with Gasteiger partial charge in [-0.1, -0.05) is 66.1 Å². The van der Waals surface area contributed by atoms with Gasteiger partial charge in [-0.15, -0.1) is 0 Å². The summed E-state index contributed by atoms with van der Waals surface area (Å²) in [6.45, 7) is 5.96. The Balaban J connectivity index is 1.69. The average molecular weight is 295 g/mol. The van der Waals surface area contributed by atoms with Crippen molar-refractivity contribution < 1.29 is 4.84 Å². The van der Waals surface area contributed by atoms with Gasteiger partial charge in [-0.2, -0.15) is 5.06 Å². The van der Waals surface area contributed by atoms with Crippen molar-refractivity contribution in [2.45, 2.75) is 45.8 Å². The molecule has 0 bridgehead atoms. The Labute approximate surface area is 133 Å². The van der Waals surface area contributed by atoms with E-state index in [0.717, 1.165) is 6.54 Å². The van der Waals surface area contributed by atoms with Gasteiger partial charge in [-0.05, 0) is 37.8 Å². The summed E-state index contributed by atoms with van der Waals surface area (Å²) in [5, 5.41) is 2.19. The first-order valence-corrected chi connectivity index (χ1v) is 8.24. The fourth-order valence-electron chi connectivity index (χ4n) is 3.38. The van der Waals surface area contributed by atoms with E-state index in [0.29, 0.717) is 12.6 Å². The molecule has 3 rings (SSSR count). The molecule has 1 atom stereocenters. The molecule has 0 aliphatic carbocycles. The zero-order valence-electron chi connectivity index (χ0n) is 13.6. The number of nitrogens with zero attached hydrogens (tertiary/aromatic N) is 1. The highest BCUT2D eigenvalue weighted by Crippen LogP contribution is 2.31. The Morgan fingerprint density at radius 3 is 2.45 bits per heavy atom. The summed E-state index contributed by atoms with van der Waals surface area (Å²) in [6.07, 6.45) is 3.68. The van der Waals surface area contributed by atoms with Gasteiger partial charge in [0.05, 0.1) is 12.6 Å². The summed E-state index contributed by atoms with van der Waals surface area (Å²) in [4.78, 5) is 6.18. The van der Waals surface area contributed by atoms with E-state index in [9.17, 15) is 0 Å². The highest BCUT2D eigenvalue weighted by atomic mass is 16.7. The van der Waals surface area contributed by atoms with Crippen LogP contribution in [-0.4, -0.2) is 11.6 Å². The van der Waals surface area contributed by atoms with Gasteiger partial charge in [0.15, 0.2) is 0 Å². The Hall–Kier alpha value is -1.64. The molecular weight excluding hydrogens is 270 g/mol. The minimum atomic E-state index is 0.390. The molecule has 0 spiro atoms. The summed E-state index contributed by atoms with van der Waals surface area (Å²) in [6, 6.07) is 17.8. The maximum absolute atomic E-state index is 6.18. The maximum Gasteiger partial charge on any atom is 0.0936 e. The summed E-state index contributed by atoms with van der Waals surface area (Å²) < 4.78 is 0. The Bertz CT molecular complexity index is 588. The average Bonchev–Trinajstić information content (AvgIpc) is 2.53. The maximum atomic E-state index is 6.18. The molecule has 1 unspecified atom stereocenters. The van der Waals surface area contributed by atoms with Crippen LogP contribution in [0.1, 0.15) is 47.6 Å². The highest BCUT2D eigenvalue weighted by molar-refractivity contribution is 5.28. The highest BCUT2D eigenvalue weighted by Gasteiger charge is 2.24. The van der Waals surface area contributed by atoms with Crippen molar-refractivity contribution in [3.05, 3.63) is 70.8 Å². The Kier molecular flexibility index (Phi) is 4.91. The smallest absolute Gasteiger partial charge is 0.0936 e. The van der Waals surface area contributed by atoms with Crippen LogP contribution in [0, 0.1) is 13.8 Å². The minimum Gasteiger partial charge on any atom is -0.294 e. The predicted octanol–water partition coefficient (Wildman–Crippen LogP) is 4.96. The number of benzene rings is 2. The second-order valence-electron chi connectivity index (χ2n) is 6.33. The van der Waals surface area contributed by atoms with Crippen molar-refractivity contribution in [3.63, 3.8) is 0 Å². The first-order chi connectivity index (χ1) is 10.7. The SMILES string of the molecule is Cc1cc(C)cc(CON2CCCCC2c2ccccc2)c1. The summed E-state index contributed by atoms with van der Waals surface area (Å²) in [7, 11) is 0. The van der Waals surface area contributed by atoms with Crippen molar-refractivity contribution in [3.8, 4) is 0 Å². The van der Waals surface area contributed by atoms with Crippen molar-refractivity contribution in [2.75, 3.05) is 6.54 Å². The lowest BCUT2D eigenvalue weighted by molar-refractivity contribution is -0.209. The summed E-state index contributed by atoms with van der Waals surface area (Å²) >= 11 is 0. The van der Waals surface area contributed by atoms with Crippen molar-refractivity contribution in [2.24, 2.45) is 0 Å². The Morgan fingerprint density at radius 2 is 1.73 bits per heavy atom. The number of hydrogen-bond acceptors (Lipinski definition) is 2. The van der Waals surface area contributed by atoms with Gasteiger partial charge < -0.3 is 0 Å². The molecule has 2 aromatic rings. The Morgan fingerprint density at radius 1 is 1.00 bits per heavy atom. The van der Waals surface area contributed by atoms with E-state index < -0.39 is 0 Å². The lowest BCUT2D eigenvalue weighted by atomic mass is 9.97. The molecule has 1 aliphatic heterocycles. The molecule has 1 heterocycles. The molecule has 2 heteroatoms. The molecule has 116 valence electrons. The third kappa shape index (κ3) is 3.76. The lowest BCUT2D eigenvalue weighted by Crippen LogP contribution is -2.33. The quantitative estimate of drug-likeness (QED) is 0.790. The van der Waals surface area contributed by atoms with Gasteiger partial charge in [0.2, 0.25) is 0 Å². The van der Waals surface area contributed by atoms with Gasteiger partial charge in [0, 0.05) is 6.54 Å². The third-order valence-electron chi connectivity index (χ3n) is 4.32. The molecule has 0 radical (unpaired) electrons. The number of aryl methyl sites for hydroxylation is 2. The molecule has 1 saturated heterocycles. The molecule has 0 aromatic heterocycles. The normalized spacial score (nSPS) is 19.3. The van der Waals surface area contributed by atoms with E-state index in [1.165, 1.54) is 41.5 Å². The van der Waals surface area contributed by atoms with Crippen molar-refractivity contribution in [1.82, 2.24) is 5.06 Å². The zero-order chi connectivity index (χ0) is 15.4. The predicted molar refractivity (Wildman–Crippen MR) is 90.4 cm³/mol. The molecule has 0 N–H and O–H groups in total. The van der Waals surface area contributed by atoms with Crippen molar-refractivity contribution in [1.29, 1.82) is 0 Å². The second-order valence-corrected chi connectivity index (χ2v) is 6.33. The lowest BCUT2D eigenvalue weighted by Gasteiger charge is -2.35. The fraction of sp³-hybridized carbons (Fsp3) is 0.400. The van der Waals surface area contributed by atoms with E-state index in [2.05, 4.69) is 67.4 Å². The molecule has 2 nitrogen and oxygen atoms in total. The fourth-order valence-corrected chi connectivity index (χ4v) is 3.38. The van der Waals surface area contributed by atoms with E-state index in [1.807, 2.05) is 0 Å². The summed E-state index contributed by atoms with van der Waals surface area (Å²) in [5.74, 6) is 0. The largest absolute Gasteiger partial charge is 0.294 e. The van der Waals surface area contributed by atoms with Gasteiger partial charge in [0.25, 0.3) is 0 Å². The van der Waals surface area contributed by atoms with Crippen molar-refractivity contribution >= 4 is 0 Å². The second kappa shape index (κ2) is 7.08. The van der Waals surface area contributed by atoms with Gasteiger partial charge in [-0.3, -0.25) is 4.84 Å². The van der Waals surface area contributed by atoms with Crippen LogP contribution in [0.2, 0.25) is 0 Å². The van der Waals surface area contributed by atoms with Gasteiger partial charge >= 0.3 is 0 Å². The topological polar surface area (TPSA) is 12.5 Å². The summed E-state index contributed by atoms with van der Waals surface area (Å²) in [5.41, 5.74) is 5.23. The third-order valence-corrected chi connectivity index (χ3v) is 4.32. The molecular formula is C20H25NO. The van der Waals surface area contributed by atoms with Crippen LogP contribution in [0.5, 0.6) is 0 Å². The first-order valence-electron chi connectivity index (χ1n) is 8.24. The first kappa shape index (κ1) is 15.3. The van der Waals surface area contributed by atoms with Crippen LogP contribution >= 0.6 is 0 Å². The van der Waals surface area contributed by atoms with Gasteiger partial charge in [-0.25, -0.2) is 0 Å². The van der Waals surface area contributed by atoms with Crippen LogP contribution in [0.4, 0.5) is 0 Å². The number of hydroxylamine groups is 2. The number of piperidine rings is 1. The molecule has 2 aromatic carbocycles. The number of rotatable bonds is 4. The number of hydrogen-bond donors (Lipinski definition) is 0. The molecule has 1 fully saturated rings. The van der Waals surface area contributed by atoms with E-state index >= 15 is 0 Å². The van der Waals surface area contributed by atoms with E-state index in [4.69, 9.17) is 4.84 Å². The van der Waals surface area contributed by atoms with Crippen LogP contribution in [0.25, 0.3) is 0 Å². The minimum absolute atomic E-state index is 0.390.